The summed E-state index contributed by atoms with van der Waals surface area (Å²) in [6.07, 6.45) is 2.94. The van der Waals surface area contributed by atoms with E-state index in [-0.39, 0.29) is 23.7 Å². The molecule has 1 saturated carbocycles. The monoisotopic (exact) mass is 372 g/mol. The maximum Gasteiger partial charge on any atom is 0.228 e. The summed E-state index contributed by atoms with van der Waals surface area (Å²) in [4.78, 5) is 27.3. The lowest BCUT2D eigenvalue weighted by Gasteiger charge is -2.37. The molecular formula is C21H28N2O4. The van der Waals surface area contributed by atoms with Gasteiger partial charge in [0.2, 0.25) is 11.8 Å². The largest absolute Gasteiger partial charge is 0.347 e. The zero-order chi connectivity index (χ0) is 19.0. The third-order valence-corrected chi connectivity index (χ3v) is 6.08. The molecule has 0 radical (unpaired) electrons. The molecule has 1 aromatic carbocycles. The smallest absolute Gasteiger partial charge is 0.228 e. The van der Waals surface area contributed by atoms with Gasteiger partial charge in [-0.15, -0.1) is 0 Å². The summed E-state index contributed by atoms with van der Waals surface area (Å²) in [5.74, 6) is -0.801. The SMILES string of the molecule is CCc1cccc(C)c1NC(=O)C1CC1C(=O)N1CCC2(CC1)OCCO2. The van der Waals surface area contributed by atoms with E-state index in [2.05, 4.69) is 12.2 Å². The number of aryl methyl sites for hydroxylation is 2. The summed E-state index contributed by atoms with van der Waals surface area (Å²) >= 11 is 0. The molecule has 2 atom stereocenters. The second kappa shape index (κ2) is 7.24. The third kappa shape index (κ3) is 3.60. The molecule has 6 heteroatoms. The minimum atomic E-state index is -0.474. The van der Waals surface area contributed by atoms with Crippen molar-refractivity contribution >= 4 is 17.5 Å². The van der Waals surface area contributed by atoms with Gasteiger partial charge in [-0.3, -0.25) is 9.59 Å². The van der Waals surface area contributed by atoms with Crippen molar-refractivity contribution in [2.24, 2.45) is 11.8 Å². The zero-order valence-corrected chi connectivity index (χ0v) is 16.1. The molecule has 1 spiro atoms. The number of benzene rings is 1. The van der Waals surface area contributed by atoms with E-state index < -0.39 is 5.79 Å². The maximum absolute atomic E-state index is 12.8. The van der Waals surface area contributed by atoms with Crippen LogP contribution in [0.15, 0.2) is 18.2 Å². The van der Waals surface area contributed by atoms with Crippen molar-refractivity contribution < 1.29 is 19.1 Å². The molecule has 6 nitrogen and oxygen atoms in total. The van der Waals surface area contributed by atoms with Gasteiger partial charge in [0, 0.05) is 31.6 Å². The zero-order valence-electron chi connectivity index (χ0n) is 16.1. The number of likely N-dealkylation sites (tertiary alicyclic amines) is 1. The number of rotatable bonds is 4. The van der Waals surface area contributed by atoms with Crippen LogP contribution in [0.2, 0.25) is 0 Å². The molecule has 1 N–H and O–H groups in total. The van der Waals surface area contributed by atoms with E-state index in [1.54, 1.807) is 0 Å². The molecule has 1 aliphatic carbocycles. The van der Waals surface area contributed by atoms with Crippen molar-refractivity contribution in [2.75, 3.05) is 31.6 Å². The molecule has 146 valence electrons. The number of para-hydroxylation sites is 1. The molecule has 2 aliphatic heterocycles. The van der Waals surface area contributed by atoms with Crippen LogP contribution in [0.1, 0.15) is 37.3 Å². The van der Waals surface area contributed by atoms with Gasteiger partial charge in [0.25, 0.3) is 0 Å². The average molecular weight is 372 g/mol. The number of nitrogens with one attached hydrogen (secondary N) is 1. The van der Waals surface area contributed by atoms with Gasteiger partial charge in [-0.2, -0.15) is 0 Å². The summed E-state index contributed by atoms with van der Waals surface area (Å²) in [6.45, 7) is 6.63. The lowest BCUT2D eigenvalue weighted by atomic mass is 10.0. The van der Waals surface area contributed by atoms with Crippen LogP contribution in [0.3, 0.4) is 0 Å². The fourth-order valence-corrected chi connectivity index (χ4v) is 4.26. The van der Waals surface area contributed by atoms with Gasteiger partial charge < -0.3 is 19.7 Å². The highest BCUT2D eigenvalue weighted by Gasteiger charge is 2.51. The van der Waals surface area contributed by atoms with Gasteiger partial charge in [0.15, 0.2) is 5.79 Å². The number of anilines is 1. The van der Waals surface area contributed by atoms with Crippen molar-refractivity contribution in [3.05, 3.63) is 29.3 Å². The first-order chi connectivity index (χ1) is 13.0. The maximum atomic E-state index is 12.8. The van der Waals surface area contributed by atoms with E-state index in [9.17, 15) is 9.59 Å². The van der Waals surface area contributed by atoms with Gasteiger partial charge in [0.05, 0.1) is 25.0 Å². The summed E-state index contributed by atoms with van der Waals surface area (Å²) in [6, 6.07) is 6.05. The standard InChI is InChI=1S/C21H28N2O4/c1-3-15-6-4-5-14(2)18(15)22-19(24)16-13-17(16)20(25)23-9-7-21(8-10-23)26-11-12-27-21/h4-6,16-17H,3,7-13H2,1-2H3,(H,22,24). The Morgan fingerprint density at radius 1 is 1.19 bits per heavy atom. The van der Waals surface area contributed by atoms with E-state index in [1.165, 1.54) is 0 Å². The van der Waals surface area contributed by atoms with E-state index in [1.807, 2.05) is 30.0 Å². The van der Waals surface area contributed by atoms with Crippen molar-refractivity contribution in [3.63, 3.8) is 0 Å². The van der Waals surface area contributed by atoms with E-state index in [0.29, 0.717) is 45.6 Å². The van der Waals surface area contributed by atoms with Gasteiger partial charge in [-0.25, -0.2) is 0 Å². The second-order valence-electron chi connectivity index (χ2n) is 7.83. The molecule has 2 unspecified atom stereocenters. The van der Waals surface area contributed by atoms with Gasteiger partial charge in [-0.1, -0.05) is 25.1 Å². The molecule has 3 aliphatic rings. The highest BCUT2D eigenvalue weighted by Crippen LogP contribution is 2.42. The fraction of sp³-hybridized carbons (Fsp3) is 0.619. The first kappa shape index (κ1) is 18.4. The fourth-order valence-electron chi connectivity index (χ4n) is 4.26. The Bertz CT molecular complexity index is 732. The van der Waals surface area contributed by atoms with Crippen LogP contribution >= 0.6 is 0 Å². The van der Waals surface area contributed by atoms with Gasteiger partial charge in [-0.05, 0) is 30.9 Å². The Balaban J connectivity index is 1.33. The Hall–Kier alpha value is -1.92. The van der Waals surface area contributed by atoms with E-state index >= 15 is 0 Å². The summed E-state index contributed by atoms with van der Waals surface area (Å²) in [5, 5.41) is 3.07. The normalized spacial score (nSPS) is 26.2. The molecule has 0 aromatic heterocycles. The first-order valence-electron chi connectivity index (χ1n) is 9.99. The molecule has 2 heterocycles. The van der Waals surface area contributed by atoms with Crippen LogP contribution in [-0.2, 0) is 25.5 Å². The lowest BCUT2D eigenvalue weighted by molar-refractivity contribution is -0.187. The number of amides is 2. The van der Waals surface area contributed by atoms with Crippen LogP contribution in [0, 0.1) is 18.8 Å². The van der Waals surface area contributed by atoms with Crippen molar-refractivity contribution in [2.45, 2.75) is 45.3 Å². The number of nitrogens with zero attached hydrogens (tertiary/aromatic N) is 1. The van der Waals surface area contributed by atoms with Crippen LogP contribution in [-0.4, -0.2) is 48.8 Å². The molecule has 0 bridgehead atoms. The number of carbonyl (C=O) groups excluding carboxylic acids is 2. The molecule has 3 fully saturated rings. The average Bonchev–Trinajstić information content (AvgIpc) is 3.37. The number of ether oxygens (including phenoxy) is 2. The summed E-state index contributed by atoms with van der Waals surface area (Å²) in [5.41, 5.74) is 3.09. The Morgan fingerprint density at radius 3 is 2.56 bits per heavy atom. The third-order valence-electron chi connectivity index (χ3n) is 6.08. The number of piperidine rings is 1. The van der Waals surface area contributed by atoms with Gasteiger partial charge >= 0.3 is 0 Å². The number of hydrogen-bond donors (Lipinski definition) is 1. The van der Waals surface area contributed by atoms with Crippen LogP contribution in [0.5, 0.6) is 0 Å². The number of hydrogen-bond acceptors (Lipinski definition) is 4. The van der Waals surface area contributed by atoms with E-state index in [4.69, 9.17) is 9.47 Å². The molecule has 2 saturated heterocycles. The van der Waals surface area contributed by atoms with Crippen LogP contribution < -0.4 is 5.32 Å². The molecule has 27 heavy (non-hydrogen) atoms. The van der Waals surface area contributed by atoms with Crippen LogP contribution in [0.25, 0.3) is 0 Å². The van der Waals surface area contributed by atoms with Crippen molar-refractivity contribution in [3.8, 4) is 0 Å². The molecule has 2 amide bonds. The Morgan fingerprint density at radius 2 is 1.89 bits per heavy atom. The number of carbonyl (C=O) groups is 2. The van der Waals surface area contributed by atoms with Crippen LogP contribution in [0.4, 0.5) is 5.69 Å². The van der Waals surface area contributed by atoms with Gasteiger partial charge in [0.1, 0.15) is 0 Å². The van der Waals surface area contributed by atoms with E-state index in [0.717, 1.165) is 23.2 Å². The second-order valence-corrected chi connectivity index (χ2v) is 7.83. The van der Waals surface area contributed by atoms with Crippen molar-refractivity contribution in [1.29, 1.82) is 0 Å². The Labute approximate surface area is 160 Å². The highest BCUT2D eigenvalue weighted by atomic mass is 16.7. The summed E-state index contributed by atoms with van der Waals surface area (Å²) < 4.78 is 11.4. The predicted molar refractivity (Wildman–Crippen MR) is 101 cm³/mol. The predicted octanol–water partition coefficient (Wildman–Crippen LogP) is 2.50. The highest BCUT2D eigenvalue weighted by molar-refractivity contribution is 6.00. The molecular weight excluding hydrogens is 344 g/mol. The Kier molecular flexibility index (Phi) is 4.95. The topological polar surface area (TPSA) is 67.9 Å². The quantitative estimate of drug-likeness (QED) is 0.882. The van der Waals surface area contributed by atoms with Crippen molar-refractivity contribution in [1.82, 2.24) is 4.90 Å². The first-order valence-corrected chi connectivity index (χ1v) is 9.99. The summed E-state index contributed by atoms with van der Waals surface area (Å²) in [7, 11) is 0. The minimum Gasteiger partial charge on any atom is -0.347 e. The molecule has 4 rings (SSSR count). The lowest BCUT2D eigenvalue weighted by Crippen LogP contribution is -2.48. The minimum absolute atomic E-state index is 0.0340. The molecule has 1 aromatic rings.